The molecule has 5 nitrogen and oxygen atoms in total. The molecule has 0 atom stereocenters. The molecule has 2 amide bonds. The Morgan fingerprint density at radius 3 is 2.77 bits per heavy atom. The second kappa shape index (κ2) is 9.22. The van der Waals surface area contributed by atoms with E-state index in [0.29, 0.717) is 32.4 Å². The minimum Gasteiger partial charge on any atom is -0.461 e. The number of rotatable bonds is 7. The number of nitrogens with zero attached hydrogens (tertiary/aromatic N) is 1. The summed E-state index contributed by atoms with van der Waals surface area (Å²) in [4.78, 5) is 25.8. The minimum atomic E-state index is -0.00932. The summed E-state index contributed by atoms with van der Waals surface area (Å²) in [5, 5.41) is 2.91. The molecule has 2 aromatic rings. The van der Waals surface area contributed by atoms with Crippen LogP contribution in [0.15, 0.2) is 46.9 Å². The Balaban J connectivity index is 1.39. The highest BCUT2D eigenvalue weighted by molar-refractivity contribution is 5.77. The zero-order valence-electron chi connectivity index (χ0n) is 15.1. The lowest BCUT2D eigenvalue weighted by Crippen LogP contribution is -2.38. The maximum absolute atomic E-state index is 12.0. The second-order valence-electron chi connectivity index (χ2n) is 6.67. The van der Waals surface area contributed by atoms with Crippen LogP contribution in [-0.2, 0) is 16.0 Å². The van der Waals surface area contributed by atoms with E-state index in [1.54, 1.807) is 0 Å². The highest BCUT2D eigenvalue weighted by Gasteiger charge is 2.16. The summed E-state index contributed by atoms with van der Waals surface area (Å²) in [6.45, 7) is 1.92. The first-order valence-electron chi connectivity index (χ1n) is 9.41. The van der Waals surface area contributed by atoms with Crippen LogP contribution in [0.5, 0.6) is 0 Å². The van der Waals surface area contributed by atoms with Crippen LogP contribution in [0.4, 0.5) is 0 Å². The SMILES string of the molecule is O=C(CCc1ccc(-c2ccccc2)o1)NCCN1CCCCCC1=O. The van der Waals surface area contributed by atoms with Crippen molar-refractivity contribution in [3.8, 4) is 11.3 Å². The summed E-state index contributed by atoms with van der Waals surface area (Å²) in [6, 6.07) is 13.8. The summed E-state index contributed by atoms with van der Waals surface area (Å²) in [6.07, 6.45) is 4.74. The molecule has 5 heteroatoms. The van der Waals surface area contributed by atoms with Gasteiger partial charge in [0.15, 0.2) is 0 Å². The van der Waals surface area contributed by atoms with Crippen molar-refractivity contribution in [2.75, 3.05) is 19.6 Å². The van der Waals surface area contributed by atoms with E-state index >= 15 is 0 Å². The van der Waals surface area contributed by atoms with Crippen LogP contribution >= 0.6 is 0 Å². The molecule has 138 valence electrons. The van der Waals surface area contributed by atoms with Gasteiger partial charge in [-0.25, -0.2) is 0 Å². The Hall–Kier alpha value is -2.56. The van der Waals surface area contributed by atoms with Gasteiger partial charge in [-0.3, -0.25) is 9.59 Å². The third-order valence-electron chi connectivity index (χ3n) is 4.69. The monoisotopic (exact) mass is 354 g/mol. The Kier molecular flexibility index (Phi) is 6.47. The van der Waals surface area contributed by atoms with Crippen molar-refractivity contribution in [2.45, 2.75) is 38.5 Å². The highest BCUT2D eigenvalue weighted by atomic mass is 16.3. The molecule has 1 aliphatic rings. The van der Waals surface area contributed by atoms with E-state index in [9.17, 15) is 9.59 Å². The number of hydrogen-bond donors (Lipinski definition) is 1. The van der Waals surface area contributed by atoms with Crippen molar-refractivity contribution >= 4 is 11.8 Å². The Morgan fingerprint density at radius 2 is 1.92 bits per heavy atom. The molecule has 3 rings (SSSR count). The van der Waals surface area contributed by atoms with Gasteiger partial charge in [0.05, 0.1) is 0 Å². The van der Waals surface area contributed by atoms with Crippen LogP contribution in [0.3, 0.4) is 0 Å². The maximum Gasteiger partial charge on any atom is 0.222 e. The maximum atomic E-state index is 12.0. The number of aryl methyl sites for hydroxylation is 1. The quantitative estimate of drug-likeness (QED) is 0.829. The molecular formula is C21H26N2O3. The fraction of sp³-hybridized carbons (Fsp3) is 0.429. The Morgan fingerprint density at radius 1 is 1.08 bits per heavy atom. The molecule has 0 unspecified atom stereocenters. The fourth-order valence-corrected chi connectivity index (χ4v) is 3.20. The largest absolute Gasteiger partial charge is 0.461 e. The average Bonchev–Trinajstić information content (AvgIpc) is 3.05. The van der Waals surface area contributed by atoms with Crippen LogP contribution in [0.25, 0.3) is 11.3 Å². The van der Waals surface area contributed by atoms with E-state index in [-0.39, 0.29) is 11.8 Å². The topological polar surface area (TPSA) is 62.6 Å². The number of amides is 2. The van der Waals surface area contributed by atoms with Gasteiger partial charge in [0.2, 0.25) is 11.8 Å². The minimum absolute atomic E-state index is 0.00932. The summed E-state index contributed by atoms with van der Waals surface area (Å²) in [7, 11) is 0. The average molecular weight is 354 g/mol. The van der Waals surface area contributed by atoms with E-state index in [1.807, 2.05) is 47.4 Å². The van der Waals surface area contributed by atoms with Crippen molar-refractivity contribution in [2.24, 2.45) is 0 Å². The third kappa shape index (κ3) is 5.22. The smallest absolute Gasteiger partial charge is 0.222 e. The normalized spacial score (nSPS) is 14.9. The fourth-order valence-electron chi connectivity index (χ4n) is 3.20. The van der Waals surface area contributed by atoms with E-state index in [2.05, 4.69) is 5.32 Å². The molecule has 1 saturated heterocycles. The zero-order valence-corrected chi connectivity index (χ0v) is 15.1. The Labute approximate surface area is 154 Å². The first kappa shape index (κ1) is 18.2. The summed E-state index contributed by atoms with van der Waals surface area (Å²) in [5.74, 6) is 1.83. The van der Waals surface area contributed by atoms with Crippen molar-refractivity contribution < 1.29 is 14.0 Å². The zero-order chi connectivity index (χ0) is 18.2. The standard InChI is InChI=1S/C21H26N2O3/c24-20(22-14-16-23-15-6-2-5-9-21(23)25)13-11-18-10-12-19(26-18)17-7-3-1-4-8-17/h1,3-4,7-8,10,12H,2,5-6,9,11,13-16H2,(H,22,24). The van der Waals surface area contributed by atoms with Gasteiger partial charge in [-0.2, -0.15) is 0 Å². The lowest BCUT2D eigenvalue weighted by molar-refractivity contribution is -0.131. The van der Waals surface area contributed by atoms with E-state index in [1.165, 1.54) is 0 Å². The lowest BCUT2D eigenvalue weighted by atomic mass is 10.2. The van der Waals surface area contributed by atoms with Gasteiger partial charge in [0, 0.05) is 44.5 Å². The van der Waals surface area contributed by atoms with Crippen molar-refractivity contribution in [3.05, 3.63) is 48.2 Å². The number of benzene rings is 1. The van der Waals surface area contributed by atoms with E-state index < -0.39 is 0 Å². The number of furan rings is 1. The number of nitrogens with one attached hydrogen (secondary N) is 1. The van der Waals surface area contributed by atoms with Gasteiger partial charge in [0.1, 0.15) is 11.5 Å². The van der Waals surface area contributed by atoms with Gasteiger partial charge < -0.3 is 14.6 Å². The summed E-state index contributed by atoms with van der Waals surface area (Å²) < 4.78 is 5.81. The number of hydrogen-bond acceptors (Lipinski definition) is 3. The number of carbonyl (C=O) groups excluding carboxylic acids is 2. The first-order valence-corrected chi connectivity index (χ1v) is 9.41. The van der Waals surface area contributed by atoms with E-state index in [0.717, 1.165) is 42.9 Å². The molecule has 1 aromatic carbocycles. The second-order valence-corrected chi connectivity index (χ2v) is 6.67. The number of carbonyl (C=O) groups is 2. The molecule has 2 heterocycles. The predicted molar refractivity (Wildman–Crippen MR) is 101 cm³/mol. The van der Waals surface area contributed by atoms with Crippen molar-refractivity contribution in [3.63, 3.8) is 0 Å². The highest BCUT2D eigenvalue weighted by Crippen LogP contribution is 2.22. The first-order chi connectivity index (χ1) is 12.7. The number of likely N-dealkylation sites (tertiary alicyclic amines) is 1. The van der Waals surface area contributed by atoms with Gasteiger partial charge >= 0.3 is 0 Å². The summed E-state index contributed by atoms with van der Waals surface area (Å²) >= 11 is 0. The van der Waals surface area contributed by atoms with Crippen LogP contribution in [0.2, 0.25) is 0 Å². The molecule has 0 radical (unpaired) electrons. The van der Waals surface area contributed by atoms with Crippen molar-refractivity contribution in [1.82, 2.24) is 10.2 Å². The Bertz CT molecular complexity index is 724. The van der Waals surface area contributed by atoms with Gasteiger partial charge in [-0.05, 0) is 25.0 Å². The third-order valence-corrected chi connectivity index (χ3v) is 4.69. The molecule has 0 bridgehead atoms. The molecule has 0 saturated carbocycles. The van der Waals surface area contributed by atoms with Gasteiger partial charge in [-0.1, -0.05) is 36.8 Å². The predicted octanol–water partition coefficient (Wildman–Crippen LogP) is 3.40. The van der Waals surface area contributed by atoms with Crippen LogP contribution in [-0.4, -0.2) is 36.3 Å². The molecule has 0 aliphatic carbocycles. The van der Waals surface area contributed by atoms with Gasteiger partial charge in [0.25, 0.3) is 0 Å². The summed E-state index contributed by atoms with van der Waals surface area (Å²) in [5.41, 5.74) is 1.03. The molecule has 1 fully saturated rings. The molecule has 1 aromatic heterocycles. The molecule has 0 spiro atoms. The van der Waals surface area contributed by atoms with Crippen LogP contribution in [0, 0.1) is 0 Å². The van der Waals surface area contributed by atoms with E-state index in [4.69, 9.17) is 4.42 Å². The molecular weight excluding hydrogens is 328 g/mol. The van der Waals surface area contributed by atoms with Crippen LogP contribution in [0.1, 0.15) is 37.9 Å². The lowest BCUT2D eigenvalue weighted by Gasteiger charge is -2.20. The van der Waals surface area contributed by atoms with Gasteiger partial charge in [-0.15, -0.1) is 0 Å². The molecule has 1 N–H and O–H groups in total. The molecule has 1 aliphatic heterocycles. The molecule has 26 heavy (non-hydrogen) atoms. The van der Waals surface area contributed by atoms with Crippen LogP contribution < -0.4 is 5.32 Å². The van der Waals surface area contributed by atoms with Crippen molar-refractivity contribution in [1.29, 1.82) is 0 Å².